The summed E-state index contributed by atoms with van der Waals surface area (Å²) in [6, 6.07) is 8.94. The van der Waals surface area contributed by atoms with Crippen molar-refractivity contribution in [2.75, 3.05) is 31.1 Å². The zero-order valence-corrected chi connectivity index (χ0v) is 11.2. The molecule has 1 aromatic carbocycles. The molecule has 0 bridgehead atoms. The molecular formula is C16H24N2. The van der Waals surface area contributed by atoms with Crippen molar-refractivity contribution >= 4 is 5.69 Å². The molecular weight excluding hydrogens is 220 g/mol. The van der Waals surface area contributed by atoms with Crippen molar-refractivity contribution in [1.82, 2.24) is 5.32 Å². The van der Waals surface area contributed by atoms with Gasteiger partial charge in [0.1, 0.15) is 0 Å². The summed E-state index contributed by atoms with van der Waals surface area (Å²) < 4.78 is 0. The Morgan fingerprint density at radius 3 is 2.94 bits per heavy atom. The first-order valence-electron chi connectivity index (χ1n) is 7.47. The number of fused-ring (bicyclic) bond motifs is 1. The normalized spacial score (nSPS) is 19.4. The van der Waals surface area contributed by atoms with Gasteiger partial charge in [0.2, 0.25) is 0 Å². The summed E-state index contributed by atoms with van der Waals surface area (Å²) in [5.41, 5.74) is 3.01. The largest absolute Gasteiger partial charge is 0.370 e. The van der Waals surface area contributed by atoms with Gasteiger partial charge in [-0.05, 0) is 56.2 Å². The van der Waals surface area contributed by atoms with E-state index in [0.29, 0.717) is 0 Å². The van der Waals surface area contributed by atoms with E-state index in [1.165, 1.54) is 56.4 Å². The predicted octanol–water partition coefficient (Wildman–Crippen LogP) is 2.83. The maximum Gasteiger partial charge on any atom is 0.0399 e. The SMILES string of the molecule is c1ccc2c(c1)CCCCN2CCNCC1CC1. The molecule has 2 aliphatic rings. The topological polar surface area (TPSA) is 15.3 Å². The molecule has 18 heavy (non-hydrogen) atoms. The first kappa shape index (κ1) is 12.0. The predicted molar refractivity (Wildman–Crippen MR) is 77.2 cm³/mol. The molecule has 1 aliphatic carbocycles. The average molecular weight is 244 g/mol. The fourth-order valence-electron chi connectivity index (χ4n) is 2.84. The lowest BCUT2D eigenvalue weighted by Crippen LogP contribution is -2.33. The maximum absolute atomic E-state index is 3.60. The summed E-state index contributed by atoms with van der Waals surface area (Å²) in [7, 11) is 0. The van der Waals surface area contributed by atoms with Gasteiger partial charge in [0.05, 0.1) is 0 Å². The van der Waals surface area contributed by atoms with Crippen LogP contribution in [0.3, 0.4) is 0 Å². The Bertz CT molecular complexity index is 384. The molecule has 98 valence electrons. The van der Waals surface area contributed by atoms with Crippen LogP contribution in [0, 0.1) is 5.92 Å². The fourth-order valence-corrected chi connectivity index (χ4v) is 2.84. The average Bonchev–Trinajstić information content (AvgIpc) is 3.22. The molecule has 0 saturated heterocycles. The monoisotopic (exact) mass is 244 g/mol. The van der Waals surface area contributed by atoms with Crippen molar-refractivity contribution in [3.8, 4) is 0 Å². The van der Waals surface area contributed by atoms with Crippen LogP contribution in [0.4, 0.5) is 5.69 Å². The third kappa shape index (κ3) is 3.05. The summed E-state index contributed by atoms with van der Waals surface area (Å²) in [5.74, 6) is 0.987. The van der Waals surface area contributed by atoms with E-state index in [-0.39, 0.29) is 0 Å². The molecule has 2 nitrogen and oxygen atoms in total. The molecule has 1 N–H and O–H groups in total. The Morgan fingerprint density at radius 1 is 1.17 bits per heavy atom. The molecule has 3 rings (SSSR count). The van der Waals surface area contributed by atoms with E-state index in [9.17, 15) is 0 Å². The van der Waals surface area contributed by atoms with Crippen molar-refractivity contribution in [2.24, 2.45) is 5.92 Å². The van der Waals surface area contributed by atoms with E-state index in [1.54, 1.807) is 0 Å². The zero-order chi connectivity index (χ0) is 12.2. The van der Waals surface area contributed by atoms with E-state index >= 15 is 0 Å². The van der Waals surface area contributed by atoms with Crippen LogP contribution < -0.4 is 10.2 Å². The quantitative estimate of drug-likeness (QED) is 0.801. The van der Waals surface area contributed by atoms with Gasteiger partial charge in [0.25, 0.3) is 0 Å². The zero-order valence-electron chi connectivity index (χ0n) is 11.2. The van der Waals surface area contributed by atoms with Gasteiger partial charge in [-0.25, -0.2) is 0 Å². The minimum atomic E-state index is 0.987. The van der Waals surface area contributed by atoms with Crippen molar-refractivity contribution in [1.29, 1.82) is 0 Å². The van der Waals surface area contributed by atoms with Gasteiger partial charge in [-0.2, -0.15) is 0 Å². The molecule has 0 amide bonds. The van der Waals surface area contributed by atoms with Gasteiger partial charge in [-0.1, -0.05) is 18.2 Å². The van der Waals surface area contributed by atoms with Gasteiger partial charge in [0.15, 0.2) is 0 Å². The Hall–Kier alpha value is -1.02. The molecule has 0 atom stereocenters. The van der Waals surface area contributed by atoms with E-state index in [4.69, 9.17) is 0 Å². The Kier molecular flexibility index (Phi) is 3.84. The van der Waals surface area contributed by atoms with Crippen LogP contribution in [0.15, 0.2) is 24.3 Å². The molecule has 1 saturated carbocycles. The van der Waals surface area contributed by atoms with E-state index in [0.717, 1.165) is 19.0 Å². The molecule has 0 radical (unpaired) electrons. The van der Waals surface area contributed by atoms with E-state index in [2.05, 4.69) is 34.5 Å². The molecule has 1 heterocycles. The number of hydrogen-bond donors (Lipinski definition) is 1. The minimum absolute atomic E-state index is 0.987. The summed E-state index contributed by atoms with van der Waals surface area (Å²) in [4.78, 5) is 2.57. The molecule has 2 heteroatoms. The molecule has 0 unspecified atom stereocenters. The molecule has 1 aliphatic heterocycles. The number of nitrogens with one attached hydrogen (secondary N) is 1. The Labute approximate surface area is 110 Å². The van der Waals surface area contributed by atoms with Crippen LogP contribution in [0.1, 0.15) is 31.2 Å². The van der Waals surface area contributed by atoms with Crippen LogP contribution in [0.2, 0.25) is 0 Å². The van der Waals surface area contributed by atoms with Gasteiger partial charge in [-0.3, -0.25) is 0 Å². The standard InChI is InChI=1S/C16H24N2/c1-2-7-16-15(5-1)6-3-4-11-18(16)12-10-17-13-14-8-9-14/h1-2,5,7,14,17H,3-4,6,8-13H2. The molecule has 0 spiro atoms. The second-order valence-corrected chi connectivity index (χ2v) is 5.72. The van der Waals surface area contributed by atoms with Crippen LogP contribution >= 0.6 is 0 Å². The summed E-state index contributed by atoms with van der Waals surface area (Å²) in [5, 5.41) is 3.60. The number of rotatable bonds is 5. The van der Waals surface area contributed by atoms with E-state index < -0.39 is 0 Å². The first-order valence-corrected chi connectivity index (χ1v) is 7.47. The van der Waals surface area contributed by atoms with Crippen LogP contribution in [0.25, 0.3) is 0 Å². The van der Waals surface area contributed by atoms with Crippen LogP contribution in [-0.4, -0.2) is 26.2 Å². The third-order valence-corrected chi connectivity index (χ3v) is 4.14. The van der Waals surface area contributed by atoms with Crippen LogP contribution in [0.5, 0.6) is 0 Å². The van der Waals surface area contributed by atoms with Crippen molar-refractivity contribution in [3.63, 3.8) is 0 Å². The fraction of sp³-hybridized carbons (Fsp3) is 0.625. The van der Waals surface area contributed by atoms with E-state index in [1.807, 2.05) is 0 Å². The second-order valence-electron chi connectivity index (χ2n) is 5.72. The van der Waals surface area contributed by atoms with Crippen molar-refractivity contribution in [2.45, 2.75) is 32.1 Å². The van der Waals surface area contributed by atoms with Gasteiger partial charge < -0.3 is 10.2 Å². The number of anilines is 1. The smallest absolute Gasteiger partial charge is 0.0399 e. The number of nitrogens with zero attached hydrogens (tertiary/aromatic N) is 1. The number of para-hydroxylation sites is 1. The number of hydrogen-bond acceptors (Lipinski definition) is 2. The van der Waals surface area contributed by atoms with Crippen molar-refractivity contribution in [3.05, 3.63) is 29.8 Å². The lowest BCUT2D eigenvalue weighted by Gasteiger charge is -2.25. The highest BCUT2D eigenvalue weighted by atomic mass is 15.1. The number of aryl methyl sites for hydroxylation is 1. The Morgan fingerprint density at radius 2 is 2.06 bits per heavy atom. The number of benzene rings is 1. The summed E-state index contributed by atoms with van der Waals surface area (Å²) >= 11 is 0. The molecule has 1 aromatic rings. The lowest BCUT2D eigenvalue weighted by atomic mass is 10.1. The van der Waals surface area contributed by atoms with Gasteiger partial charge in [0, 0.05) is 25.3 Å². The van der Waals surface area contributed by atoms with Gasteiger partial charge in [-0.15, -0.1) is 0 Å². The maximum atomic E-state index is 3.60. The third-order valence-electron chi connectivity index (χ3n) is 4.14. The first-order chi connectivity index (χ1) is 8.93. The van der Waals surface area contributed by atoms with Crippen molar-refractivity contribution < 1.29 is 0 Å². The highest BCUT2D eigenvalue weighted by Gasteiger charge is 2.20. The lowest BCUT2D eigenvalue weighted by molar-refractivity contribution is 0.617. The highest BCUT2D eigenvalue weighted by Crippen LogP contribution is 2.28. The molecule has 0 aromatic heterocycles. The second kappa shape index (κ2) is 5.75. The summed E-state index contributed by atoms with van der Waals surface area (Å²) in [6.07, 6.45) is 6.81. The highest BCUT2D eigenvalue weighted by molar-refractivity contribution is 5.54. The minimum Gasteiger partial charge on any atom is -0.370 e. The van der Waals surface area contributed by atoms with Crippen LogP contribution in [-0.2, 0) is 6.42 Å². The molecule has 1 fully saturated rings. The summed E-state index contributed by atoms with van der Waals surface area (Å²) in [6.45, 7) is 4.74. The van der Waals surface area contributed by atoms with Gasteiger partial charge >= 0.3 is 0 Å². The Balaban J connectivity index is 1.56.